The molecule has 0 aliphatic carbocycles. The first-order chi connectivity index (χ1) is 12.5. The van der Waals surface area contributed by atoms with Crippen molar-refractivity contribution in [2.45, 2.75) is 33.7 Å². The predicted molar refractivity (Wildman–Crippen MR) is 103 cm³/mol. The Morgan fingerprint density at radius 1 is 1.12 bits per heavy atom. The number of likely N-dealkylation sites (N-methyl/N-ethyl adjacent to an activating group) is 1. The van der Waals surface area contributed by atoms with E-state index in [4.69, 9.17) is 0 Å². The number of nitrogens with zero attached hydrogens (tertiary/aromatic N) is 2. The van der Waals surface area contributed by atoms with Gasteiger partial charge in [-0.1, -0.05) is 41.4 Å². The van der Waals surface area contributed by atoms with Crippen LogP contribution >= 0.6 is 0 Å². The molecule has 0 radical (unpaired) electrons. The molecule has 5 nitrogen and oxygen atoms in total. The van der Waals surface area contributed by atoms with Crippen LogP contribution in [0.2, 0.25) is 0 Å². The minimum absolute atomic E-state index is 0.0991. The number of hydrogen-bond donors (Lipinski definition) is 2. The second-order valence-corrected chi connectivity index (χ2v) is 7.20. The summed E-state index contributed by atoms with van der Waals surface area (Å²) >= 11 is 0. The number of rotatable bonds is 2. The average Bonchev–Trinajstić information content (AvgIpc) is 2.95. The summed E-state index contributed by atoms with van der Waals surface area (Å²) in [6.07, 6.45) is 0.945. The molecule has 0 aromatic heterocycles. The third-order valence-electron chi connectivity index (χ3n) is 5.40. The van der Waals surface area contributed by atoms with Crippen LogP contribution in [0, 0.1) is 13.8 Å². The van der Waals surface area contributed by atoms with E-state index in [0.29, 0.717) is 5.56 Å². The smallest absolute Gasteiger partial charge is 0.278 e. The minimum atomic E-state index is -0.337. The highest BCUT2D eigenvalue weighted by Crippen LogP contribution is 2.40. The Morgan fingerprint density at radius 3 is 2.50 bits per heavy atom. The lowest BCUT2D eigenvalue weighted by molar-refractivity contribution is -0.110. The Bertz CT molecular complexity index is 927. The van der Waals surface area contributed by atoms with Gasteiger partial charge in [0.25, 0.3) is 5.91 Å². The molecule has 4 rings (SSSR count). The van der Waals surface area contributed by atoms with E-state index in [1.807, 2.05) is 6.07 Å². The second kappa shape index (κ2) is 6.25. The van der Waals surface area contributed by atoms with Gasteiger partial charge in [0.15, 0.2) is 5.71 Å². The summed E-state index contributed by atoms with van der Waals surface area (Å²) in [7, 11) is 0. The molecule has 2 N–H and O–H groups in total. The number of hydrogen-bond acceptors (Lipinski definition) is 4. The van der Waals surface area contributed by atoms with Crippen molar-refractivity contribution in [2.24, 2.45) is 5.16 Å². The monoisotopic (exact) mass is 349 g/mol. The van der Waals surface area contributed by atoms with E-state index < -0.39 is 0 Å². The van der Waals surface area contributed by atoms with Crippen LogP contribution in [0.1, 0.15) is 34.7 Å². The normalized spacial score (nSPS) is 18.0. The molecule has 0 fully saturated rings. The average molecular weight is 349 g/mol. The van der Waals surface area contributed by atoms with Gasteiger partial charge in [-0.05, 0) is 55.1 Å². The van der Waals surface area contributed by atoms with Gasteiger partial charge in [0.05, 0.1) is 5.69 Å². The number of aryl methyl sites for hydroxylation is 2. The summed E-state index contributed by atoms with van der Waals surface area (Å²) < 4.78 is 0. The molecule has 2 heterocycles. The number of carbonyl (C=O) groups excluding carboxylic acids is 1. The number of anilines is 1. The van der Waals surface area contributed by atoms with Crippen molar-refractivity contribution >= 4 is 17.3 Å². The van der Waals surface area contributed by atoms with Crippen LogP contribution in [0.3, 0.4) is 0 Å². The first-order valence-corrected chi connectivity index (χ1v) is 9.05. The summed E-state index contributed by atoms with van der Waals surface area (Å²) in [5.74, 6) is -0.337. The Hall–Kier alpha value is -2.66. The van der Waals surface area contributed by atoms with Gasteiger partial charge >= 0.3 is 0 Å². The summed E-state index contributed by atoms with van der Waals surface area (Å²) in [5, 5.41) is 15.5. The second-order valence-electron chi connectivity index (χ2n) is 7.20. The molecular weight excluding hydrogens is 326 g/mol. The first-order valence-electron chi connectivity index (χ1n) is 9.05. The molecule has 1 amide bonds. The lowest BCUT2D eigenvalue weighted by Crippen LogP contribution is -2.31. The lowest BCUT2D eigenvalue weighted by atomic mass is 9.86. The van der Waals surface area contributed by atoms with Gasteiger partial charge < -0.3 is 10.5 Å². The number of fused-ring (bicyclic) bond motifs is 3. The van der Waals surface area contributed by atoms with E-state index in [-0.39, 0.29) is 11.6 Å². The van der Waals surface area contributed by atoms with Gasteiger partial charge in [0.1, 0.15) is 0 Å². The third-order valence-corrected chi connectivity index (χ3v) is 5.40. The van der Waals surface area contributed by atoms with Crippen molar-refractivity contribution in [1.29, 1.82) is 0 Å². The van der Waals surface area contributed by atoms with Crippen molar-refractivity contribution in [1.82, 2.24) is 4.90 Å². The van der Waals surface area contributed by atoms with Crippen LogP contribution in [0.15, 0.2) is 29.4 Å². The first kappa shape index (κ1) is 16.8. The molecule has 0 saturated heterocycles. The SMILES string of the molecule is CCN1CCc2c(-c3cc(C)cc(C)c3)cc3c(c2C1)NC(=O)/C3=N/O. The van der Waals surface area contributed by atoms with Crippen molar-refractivity contribution in [3.8, 4) is 11.1 Å². The topological polar surface area (TPSA) is 64.9 Å². The van der Waals surface area contributed by atoms with Crippen LogP contribution in [-0.4, -0.2) is 34.8 Å². The number of benzene rings is 2. The fourth-order valence-electron chi connectivity index (χ4n) is 4.19. The highest BCUT2D eigenvalue weighted by atomic mass is 16.4. The highest BCUT2D eigenvalue weighted by molar-refractivity contribution is 6.54. The van der Waals surface area contributed by atoms with Crippen molar-refractivity contribution in [2.75, 3.05) is 18.4 Å². The molecule has 2 aliphatic heterocycles. The third kappa shape index (κ3) is 2.59. The molecule has 2 aliphatic rings. The maximum atomic E-state index is 12.2. The van der Waals surface area contributed by atoms with E-state index in [0.717, 1.165) is 48.4 Å². The summed E-state index contributed by atoms with van der Waals surface area (Å²) in [4.78, 5) is 14.6. The zero-order valence-corrected chi connectivity index (χ0v) is 15.4. The van der Waals surface area contributed by atoms with Gasteiger partial charge in [-0.3, -0.25) is 9.69 Å². The Balaban J connectivity index is 1.99. The van der Waals surface area contributed by atoms with Crippen LogP contribution < -0.4 is 5.32 Å². The number of carbonyl (C=O) groups is 1. The van der Waals surface area contributed by atoms with Gasteiger partial charge in [0, 0.05) is 18.7 Å². The van der Waals surface area contributed by atoms with Crippen molar-refractivity contribution in [3.63, 3.8) is 0 Å². The fraction of sp³-hybridized carbons (Fsp3) is 0.333. The standard InChI is InChI=1S/C21H23N3O2/c1-4-24-6-5-15-16(14-8-12(2)7-13(3)9-14)10-17-19(18(15)11-24)22-21(25)20(17)23-26/h7-10,26H,4-6,11H2,1-3H3,(H,22,23,25). The molecule has 0 spiro atoms. The van der Waals surface area contributed by atoms with E-state index in [1.165, 1.54) is 16.7 Å². The fourth-order valence-corrected chi connectivity index (χ4v) is 4.19. The summed E-state index contributed by atoms with van der Waals surface area (Å²) in [5.41, 5.74) is 8.77. The largest absolute Gasteiger partial charge is 0.410 e. The van der Waals surface area contributed by atoms with E-state index >= 15 is 0 Å². The Labute approximate surface area is 153 Å². The molecule has 2 aromatic rings. The highest BCUT2D eigenvalue weighted by Gasteiger charge is 2.33. The minimum Gasteiger partial charge on any atom is -0.410 e. The van der Waals surface area contributed by atoms with Gasteiger partial charge in [-0.25, -0.2) is 0 Å². The molecule has 0 bridgehead atoms. The number of amides is 1. The van der Waals surface area contributed by atoms with Gasteiger partial charge in [0.2, 0.25) is 0 Å². The molecule has 26 heavy (non-hydrogen) atoms. The number of oxime groups is 1. The van der Waals surface area contributed by atoms with Crippen molar-refractivity contribution in [3.05, 3.63) is 52.1 Å². The quantitative estimate of drug-likeness (QED) is 0.644. The zero-order chi connectivity index (χ0) is 18.4. The molecule has 0 atom stereocenters. The van der Waals surface area contributed by atoms with E-state index in [2.05, 4.69) is 54.3 Å². The van der Waals surface area contributed by atoms with Crippen molar-refractivity contribution < 1.29 is 10.0 Å². The molecular formula is C21H23N3O2. The number of nitrogens with one attached hydrogen (secondary N) is 1. The maximum Gasteiger partial charge on any atom is 0.278 e. The molecule has 0 unspecified atom stereocenters. The Kier molecular flexibility index (Phi) is 4.04. The zero-order valence-electron chi connectivity index (χ0n) is 15.4. The van der Waals surface area contributed by atoms with Crippen LogP contribution in [0.5, 0.6) is 0 Å². The van der Waals surface area contributed by atoms with E-state index in [9.17, 15) is 10.0 Å². The molecule has 134 valence electrons. The maximum absolute atomic E-state index is 12.2. The van der Waals surface area contributed by atoms with Crippen LogP contribution in [0.4, 0.5) is 5.69 Å². The van der Waals surface area contributed by atoms with Crippen LogP contribution in [0.25, 0.3) is 11.1 Å². The van der Waals surface area contributed by atoms with Crippen LogP contribution in [-0.2, 0) is 17.8 Å². The van der Waals surface area contributed by atoms with Gasteiger partial charge in [-0.2, -0.15) is 0 Å². The molecule has 5 heteroatoms. The predicted octanol–water partition coefficient (Wildman–Crippen LogP) is 3.48. The van der Waals surface area contributed by atoms with E-state index in [1.54, 1.807) is 0 Å². The molecule has 0 saturated carbocycles. The summed E-state index contributed by atoms with van der Waals surface area (Å²) in [6, 6.07) is 8.53. The lowest BCUT2D eigenvalue weighted by Gasteiger charge is -2.31. The summed E-state index contributed by atoms with van der Waals surface area (Å²) in [6.45, 7) is 9.12. The molecule has 2 aromatic carbocycles. The Morgan fingerprint density at radius 2 is 1.85 bits per heavy atom. The van der Waals surface area contributed by atoms with Gasteiger partial charge in [-0.15, -0.1) is 0 Å².